The van der Waals surface area contributed by atoms with Crippen LogP contribution in [0.3, 0.4) is 0 Å². The molecular weight excluding hydrogens is 454 g/mol. The van der Waals surface area contributed by atoms with E-state index in [9.17, 15) is 22.8 Å². The number of hydrogen-bond acceptors (Lipinski definition) is 3. The normalized spacial score (nSPS) is 15.1. The Kier molecular flexibility index (Phi) is 7.46. The first kappa shape index (κ1) is 23.4. The van der Waals surface area contributed by atoms with Gasteiger partial charge in [0.25, 0.3) is 5.91 Å². The number of piperazine rings is 1. The summed E-state index contributed by atoms with van der Waals surface area (Å²) in [6.07, 6.45) is -4.20. The first-order chi connectivity index (χ1) is 14.6. The molecule has 5 nitrogen and oxygen atoms in total. The van der Waals surface area contributed by atoms with Gasteiger partial charge in [0.15, 0.2) is 0 Å². The molecule has 2 aromatic carbocycles. The molecule has 10 heteroatoms. The van der Waals surface area contributed by atoms with Gasteiger partial charge >= 0.3 is 6.18 Å². The van der Waals surface area contributed by atoms with Gasteiger partial charge in [-0.3, -0.25) is 14.5 Å². The lowest BCUT2D eigenvalue weighted by Crippen LogP contribution is -2.49. The summed E-state index contributed by atoms with van der Waals surface area (Å²) in [6.45, 7) is 2.48. The second-order valence-corrected chi connectivity index (χ2v) is 7.92. The van der Waals surface area contributed by atoms with Crippen LogP contribution in [0.25, 0.3) is 0 Å². The summed E-state index contributed by atoms with van der Waals surface area (Å²) in [6, 6.07) is 9.17. The smallest absolute Gasteiger partial charge is 0.336 e. The molecule has 0 aromatic heterocycles. The number of anilines is 1. The zero-order valence-corrected chi connectivity index (χ0v) is 17.9. The third-order valence-corrected chi connectivity index (χ3v) is 5.63. The Morgan fingerprint density at radius 1 is 0.935 bits per heavy atom. The van der Waals surface area contributed by atoms with Gasteiger partial charge in [-0.25, -0.2) is 0 Å². The molecule has 2 aromatic rings. The van der Waals surface area contributed by atoms with Crippen LogP contribution in [0, 0.1) is 0 Å². The molecule has 3 rings (SSSR count). The van der Waals surface area contributed by atoms with Gasteiger partial charge in [0.2, 0.25) is 5.91 Å². The van der Waals surface area contributed by atoms with Crippen LogP contribution in [0.2, 0.25) is 10.0 Å². The summed E-state index contributed by atoms with van der Waals surface area (Å²) in [7, 11) is 0. The second kappa shape index (κ2) is 9.89. The zero-order valence-electron chi connectivity index (χ0n) is 16.4. The highest BCUT2D eigenvalue weighted by Crippen LogP contribution is 2.30. The lowest BCUT2D eigenvalue weighted by atomic mass is 10.1. The molecule has 31 heavy (non-hydrogen) atoms. The van der Waals surface area contributed by atoms with Crippen LogP contribution < -0.4 is 5.32 Å². The Morgan fingerprint density at radius 3 is 2.06 bits per heavy atom. The Hall–Kier alpha value is -2.29. The number of rotatable bonds is 5. The molecule has 0 bridgehead atoms. The molecule has 166 valence electrons. The molecule has 0 unspecified atom stereocenters. The fraction of sp³-hybridized carbons (Fsp3) is 0.333. The van der Waals surface area contributed by atoms with Crippen LogP contribution in [0.5, 0.6) is 0 Å². The van der Waals surface area contributed by atoms with Crippen LogP contribution >= 0.6 is 23.2 Å². The van der Waals surface area contributed by atoms with E-state index in [0.717, 1.165) is 12.1 Å². The monoisotopic (exact) mass is 473 g/mol. The number of carbonyl (C=O) groups excluding carboxylic acids is 2. The molecular formula is C21H20Cl2F3N3O2. The van der Waals surface area contributed by atoms with Gasteiger partial charge in [-0.05, 0) is 36.4 Å². The number of halogens is 5. The van der Waals surface area contributed by atoms with Gasteiger partial charge in [-0.15, -0.1) is 0 Å². The standard InChI is InChI=1S/C21H20Cl2F3N3O2/c22-16-2-1-3-17(23)19(16)27-18(30)8-9-28-10-12-29(13-11-28)20(31)14-4-6-15(7-5-14)21(24,25)26/h1-7H,8-13H2,(H,27,30). The second-order valence-electron chi connectivity index (χ2n) is 7.10. The van der Waals surface area contributed by atoms with Crippen molar-refractivity contribution in [3.63, 3.8) is 0 Å². The highest BCUT2D eigenvalue weighted by atomic mass is 35.5. The van der Waals surface area contributed by atoms with Gasteiger partial charge in [-0.2, -0.15) is 13.2 Å². The maximum atomic E-state index is 12.7. The van der Waals surface area contributed by atoms with Crippen molar-refractivity contribution in [2.24, 2.45) is 0 Å². The van der Waals surface area contributed by atoms with E-state index in [1.165, 1.54) is 12.1 Å². The Morgan fingerprint density at radius 2 is 1.52 bits per heavy atom. The van der Waals surface area contributed by atoms with E-state index >= 15 is 0 Å². The van der Waals surface area contributed by atoms with Crippen molar-refractivity contribution in [1.29, 1.82) is 0 Å². The molecule has 1 heterocycles. The van der Waals surface area contributed by atoms with Crippen LogP contribution in [0.15, 0.2) is 42.5 Å². The van der Waals surface area contributed by atoms with E-state index in [-0.39, 0.29) is 23.8 Å². The van der Waals surface area contributed by atoms with Crippen LogP contribution in [-0.4, -0.2) is 54.3 Å². The molecule has 1 fully saturated rings. The van der Waals surface area contributed by atoms with Crippen molar-refractivity contribution in [2.75, 3.05) is 38.0 Å². The van der Waals surface area contributed by atoms with Gasteiger partial charge in [0.1, 0.15) is 0 Å². The average molecular weight is 474 g/mol. The van der Waals surface area contributed by atoms with Gasteiger partial charge in [0, 0.05) is 44.7 Å². The summed E-state index contributed by atoms with van der Waals surface area (Å²) >= 11 is 12.1. The number of nitrogens with one attached hydrogen (secondary N) is 1. The van der Waals surface area contributed by atoms with Crippen molar-refractivity contribution in [2.45, 2.75) is 12.6 Å². The average Bonchev–Trinajstić information content (AvgIpc) is 2.74. The zero-order chi connectivity index (χ0) is 22.6. The fourth-order valence-electron chi connectivity index (χ4n) is 3.24. The highest BCUT2D eigenvalue weighted by molar-refractivity contribution is 6.39. The summed E-state index contributed by atoms with van der Waals surface area (Å²) < 4.78 is 38.0. The lowest BCUT2D eigenvalue weighted by Gasteiger charge is -2.34. The van der Waals surface area contributed by atoms with E-state index in [4.69, 9.17) is 23.2 Å². The molecule has 1 aliphatic rings. The number of hydrogen-bond donors (Lipinski definition) is 1. The summed E-state index contributed by atoms with van der Waals surface area (Å²) in [5.74, 6) is -0.530. The van der Waals surface area contributed by atoms with Crippen LogP contribution in [-0.2, 0) is 11.0 Å². The molecule has 1 aliphatic heterocycles. The van der Waals surface area contributed by atoms with Crippen LogP contribution in [0.1, 0.15) is 22.3 Å². The quantitative estimate of drug-likeness (QED) is 0.678. The number of benzene rings is 2. The molecule has 0 saturated carbocycles. The van der Waals surface area contributed by atoms with E-state index in [2.05, 4.69) is 5.32 Å². The minimum atomic E-state index is -4.43. The lowest BCUT2D eigenvalue weighted by molar-refractivity contribution is -0.137. The van der Waals surface area contributed by atoms with Crippen LogP contribution in [0.4, 0.5) is 18.9 Å². The predicted octanol–water partition coefficient (Wildman–Crippen LogP) is 4.80. The predicted molar refractivity (Wildman–Crippen MR) is 113 cm³/mol. The van der Waals surface area contributed by atoms with E-state index in [0.29, 0.717) is 48.5 Å². The molecule has 1 N–H and O–H groups in total. The maximum Gasteiger partial charge on any atom is 0.416 e. The van der Waals surface area contributed by atoms with E-state index in [1.807, 2.05) is 4.90 Å². The minimum absolute atomic E-state index is 0.220. The van der Waals surface area contributed by atoms with Crippen molar-refractivity contribution in [3.05, 3.63) is 63.6 Å². The molecule has 0 atom stereocenters. The minimum Gasteiger partial charge on any atom is -0.336 e. The van der Waals surface area contributed by atoms with E-state index in [1.54, 1.807) is 23.1 Å². The number of carbonyl (C=O) groups is 2. The molecule has 2 amide bonds. The molecule has 0 spiro atoms. The molecule has 0 aliphatic carbocycles. The third kappa shape index (κ3) is 6.12. The van der Waals surface area contributed by atoms with Gasteiger partial charge in [-0.1, -0.05) is 29.3 Å². The van der Waals surface area contributed by atoms with Crippen molar-refractivity contribution < 1.29 is 22.8 Å². The highest BCUT2D eigenvalue weighted by Gasteiger charge is 2.30. The van der Waals surface area contributed by atoms with Crippen molar-refractivity contribution in [1.82, 2.24) is 9.80 Å². The Bertz CT molecular complexity index is 924. The Balaban J connectivity index is 1.46. The molecule has 0 radical (unpaired) electrons. The van der Waals surface area contributed by atoms with Gasteiger partial charge in [0.05, 0.1) is 21.3 Å². The maximum absolute atomic E-state index is 12.7. The summed E-state index contributed by atoms with van der Waals surface area (Å²) in [4.78, 5) is 28.4. The largest absolute Gasteiger partial charge is 0.416 e. The molecule has 1 saturated heterocycles. The third-order valence-electron chi connectivity index (χ3n) is 5.00. The Labute approximate surface area is 187 Å². The number of amides is 2. The number of nitrogens with zero attached hydrogens (tertiary/aromatic N) is 2. The number of para-hydroxylation sites is 1. The van der Waals surface area contributed by atoms with Crippen molar-refractivity contribution in [3.8, 4) is 0 Å². The fourth-order valence-corrected chi connectivity index (χ4v) is 3.73. The number of alkyl halides is 3. The van der Waals surface area contributed by atoms with Crippen molar-refractivity contribution >= 4 is 40.7 Å². The summed E-state index contributed by atoms with van der Waals surface area (Å²) in [5, 5.41) is 3.42. The topological polar surface area (TPSA) is 52.7 Å². The summed E-state index contributed by atoms with van der Waals surface area (Å²) in [5.41, 5.74) is -0.189. The first-order valence-corrected chi connectivity index (χ1v) is 10.3. The first-order valence-electron chi connectivity index (χ1n) is 9.58. The van der Waals surface area contributed by atoms with Gasteiger partial charge < -0.3 is 10.2 Å². The van der Waals surface area contributed by atoms with E-state index < -0.39 is 11.7 Å². The SMILES string of the molecule is O=C(CCN1CCN(C(=O)c2ccc(C(F)(F)F)cc2)CC1)Nc1c(Cl)cccc1Cl.